The first kappa shape index (κ1) is 18.3. The molecule has 0 aromatic heterocycles. The van der Waals surface area contributed by atoms with Crippen LogP contribution in [0.4, 0.5) is 4.79 Å². The largest absolute Gasteiger partial charge is 0.481 e. The second-order valence-corrected chi connectivity index (χ2v) is 7.60. The van der Waals surface area contributed by atoms with Crippen LogP contribution in [0.15, 0.2) is 65.6 Å². The third kappa shape index (κ3) is 5.02. The minimum absolute atomic E-state index is 0.0747. The number of alkyl carbamates (subject to hydrolysis) is 1. The third-order valence-corrected chi connectivity index (χ3v) is 5.75. The maximum Gasteiger partial charge on any atom is 0.407 e. The minimum atomic E-state index is -0.819. The monoisotopic (exact) mass is 371 g/mol. The van der Waals surface area contributed by atoms with Crippen LogP contribution in [0, 0.1) is 5.92 Å². The molecule has 1 amide bonds. The van der Waals surface area contributed by atoms with Gasteiger partial charge in [0.25, 0.3) is 0 Å². The zero-order valence-electron chi connectivity index (χ0n) is 14.2. The normalized spacial score (nSPS) is 21.9. The van der Waals surface area contributed by atoms with E-state index in [1.54, 1.807) is 11.8 Å². The lowest BCUT2D eigenvalue weighted by Crippen LogP contribution is -2.33. The van der Waals surface area contributed by atoms with Crippen molar-refractivity contribution in [3.05, 3.63) is 66.2 Å². The first-order chi connectivity index (χ1) is 12.6. The van der Waals surface area contributed by atoms with Crippen LogP contribution < -0.4 is 5.32 Å². The minimum Gasteiger partial charge on any atom is -0.481 e. The van der Waals surface area contributed by atoms with E-state index in [2.05, 4.69) is 5.32 Å². The maximum absolute atomic E-state index is 12.0. The quantitative estimate of drug-likeness (QED) is 0.804. The summed E-state index contributed by atoms with van der Waals surface area (Å²) in [6.07, 6.45) is 0.519. The summed E-state index contributed by atoms with van der Waals surface area (Å²) in [5.41, 5.74) is 0.912. The summed E-state index contributed by atoms with van der Waals surface area (Å²) in [4.78, 5) is 24.7. The Labute approximate surface area is 156 Å². The van der Waals surface area contributed by atoms with Gasteiger partial charge < -0.3 is 15.2 Å². The molecular formula is C20H21NO4S. The standard InChI is InChI=1S/C20H21NO4S/c22-19(23)17-11-15(12-18(17)26-16-9-5-2-6-10-16)21-20(24)25-13-14-7-3-1-4-8-14/h1-10,15,17-18H,11-13H2,(H,21,24)(H,22,23)/t15-,17-,18?/m1/s1. The predicted octanol–water partition coefficient (Wildman–Crippen LogP) is 3.94. The Kier molecular flexibility index (Phi) is 6.17. The molecule has 0 saturated heterocycles. The zero-order valence-corrected chi connectivity index (χ0v) is 15.0. The van der Waals surface area contributed by atoms with E-state index in [1.807, 2.05) is 60.7 Å². The summed E-state index contributed by atoms with van der Waals surface area (Å²) in [5.74, 6) is -1.31. The van der Waals surface area contributed by atoms with Crippen molar-refractivity contribution in [1.29, 1.82) is 0 Å². The first-order valence-corrected chi connectivity index (χ1v) is 9.41. The van der Waals surface area contributed by atoms with E-state index in [0.29, 0.717) is 12.8 Å². The second kappa shape index (κ2) is 8.76. The molecule has 1 saturated carbocycles. The third-order valence-electron chi connectivity index (χ3n) is 4.39. The lowest BCUT2D eigenvalue weighted by atomic mass is 10.1. The van der Waals surface area contributed by atoms with Gasteiger partial charge in [-0.1, -0.05) is 48.5 Å². The number of hydrogen-bond acceptors (Lipinski definition) is 4. The number of thioether (sulfide) groups is 1. The molecule has 2 aromatic carbocycles. The Morgan fingerprint density at radius 1 is 1.04 bits per heavy atom. The summed E-state index contributed by atoms with van der Waals surface area (Å²) >= 11 is 1.56. The number of benzene rings is 2. The molecule has 26 heavy (non-hydrogen) atoms. The molecule has 0 bridgehead atoms. The summed E-state index contributed by atoms with van der Waals surface area (Å²) in [5, 5.41) is 12.2. The van der Waals surface area contributed by atoms with Crippen molar-refractivity contribution in [2.24, 2.45) is 5.92 Å². The van der Waals surface area contributed by atoms with Crippen LogP contribution in [0.5, 0.6) is 0 Å². The molecule has 0 spiro atoms. The van der Waals surface area contributed by atoms with E-state index in [9.17, 15) is 14.7 Å². The molecule has 1 aliphatic rings. The molecule has 1 aliphatic carbocycles. The number of aliphatic carboxylic acids is 1. The van der Waals surface area contributed by atoms with Gasteiger partial charge in [0.2, 0.25) is 0 Å². The molecule has 1 unspecified atom stereocenters. The molecule has 2 aromatic rings. The zero-order chi connectivity index (χ0) is 18.4. The van der Waals surface area contributed by atoms with Crippen molar-refractivity contribution in [2.45, 2.75) is 35.6 Å². The van der Waals surface area contributed by atoms with Gasteiger partial charge in [-0.05, 0) is 30.5 Å². The van der Waals surface area contributed by atoms with Crippen molar-refractivity contribution >= 4 is 23.8 Å². The van der Waals surface area contributed by atoms with E-state index >= 15 is 0 Å². The van der Waals surface area contributed by atoms with Gasteiger partial charge in [-0.2, -0.15) is 0 Å². The van der Waals surface area contributed by atoms with Gasteiger partial charge in [0, 0.05) is 16.2 Å². The van der Waals surface area contributed by atoms with Crippen molar-refractivity contribution in [2.75, 3.05) is 0 Å². The number of rotatable bonds is 6. The number of nitrogens with one attached hydrogen (secondary N) is 1. The van der Waals surface area contributed by atoms with E-state index < -0.39 is 18.0 Å². The Morgan fingerprint density at radius 3 is 2.35 bits per heavy atom. The molecule has 3 rings (SSSR count). The Morgan fingerprint density at radius 2 is 1.69 bits per heavy atom. The highest BCUT2D eigenvalue weighted by Gasteiger charge is 2.40. The van der Waals surface area contributed by atoms with Crippen LogP contribution in [0.25, 0.3) is 0 Å². The van der Waals surface area contributed by atoms with Crippen LogP contribution in [-0.4, -0.2) is 28.5 Å². The molecule has 2 N–H and O–H groups in total. The van der Waals surface area contributed by atoms with Crippen molar-refractivity contribution < 1.29 is 19.4 Å². The van der Waals surface area contributed by atoms with Crippen LogP contribution in [0.2, 0.25) is 0 Å². The van der Waals surface area contributed by atoms with Gasteiger partial charge in [0.15, 0.2) is 0 Å². The molecule has 5 nitrogen and oxygen atoms in total. The second-order valence-electron chi connectivity index (χ2n) is 6.29. The van der Waals surface area contributed by atoms with Gasteiger partial charge in [0.05, 0.1) is 5.92 Å². The molecule has 1 fully saturated rings. The average Bonchev–Trinajstić information content (AvgIpc) is 3.04. The first-order valence-electron chi connectivity index (χ1n) is 8.53. The number of carbonyl (C=O) groups is 2. The lowest BCUT2D eigenvalue weighted by Gasteiger charge is -2.14. The smallest absolute Gasteiger partial charge is 0.407 e. The van der Waals surface area contributed by atoms with Gasteiger partial charge in [-0.15, -0.1) is 11.8 Å². The number of hydrogen-bond donors (Lipinski definition) is 2. The van der Waals surface area contributed by atoms with Gasteiger partial charge in [-0.3, -0.25) is 4.79 Å². The van der Waals surface area contributed by atoms with Crippen molar-refractivity contribution in [1.82, 2.24) is 5.32 Å². The topological polar surface area (TPSA) is 75.6 Å². The highest BCUT2D eigenvalue weighted by molar-refractivity contribution is 8.00. The highest BCUT2D eigenvalue weighted by Crippen LogP contribution is 2.39. The fourth-order valence-corrected chi connectivity index (χ4v) is 4.50. The van der Waals surface area contributed by atoms with Crippen LogP contribution >= 0.6 is 11.8 Å². The molecule has 136 valence electrons. The fraction of sp³-hybridized carbons (Fsp3) is 0.300. The van der Waals surface area contributed by atoms with Crippen molar-refractivity contribution in [3.8, 4) is 0 Å². The number of ether oxygens (including phenoxy) is 1. The van der Waals surface area contributed by atoms with Crippen LogP contribution in [0.1, 0.15) is 18.4 Å². The average molecular weight is 371 g/mol. The van der Waals surface area contributed by atoms with E-state index in [1.165, 1.54) is 0 Å². The predicted molar refractivity (Wildman–Crippen MR) is 100.0 cm³/mol. The SMILES string of the molecule is O=C(N[C@H]1CC(Sc2ccccc2)[C@H](C(=O)O)C1)OCc1ccccc1. The summed E-state index contributed by atoms with van der Waals surface area (Å²) < 4.78 is 5.23. The van der Waals surface area contributed by atoms with Crippen LogP contribution in [-0.2, 0) is 16.1 Å². The van der Waals surface area contributed by atoms with Gasteiger partial charge in [0.1, 0.15) is 6.61 Å². The number of carboxylic acids is 1. The van der Waals surface area contributed by atoms with Crippen molar-refractivity contribution in [3.63, 3.8) is 0 Å². The maximum atomic E-state index is 12.0. The summed E-state index contributed by atoms with van der Waals surface area (Å²) in [7, 11) is 0. The molecule has 0 aliphatic heterocycles. The Bertz CT molecular complexity index is 738. The van der Waals surface area contributed by atoms with E-state index in [-0.39, 0.29) is 17.9 Å². The fourth-order valence-electron chi connectivity index (χ4n) is 3.11. The number of carboxylic acid groups (broad SMARTS) is 1. The Hall–Kier alpha value is -2.47. The summed E-state index contributed by atoms with van der Waals surface area (Å²) in [6.45, 7) is 0.198. The van der Waals surface area contributed by atoms with Crippen LogP contribution in [0.3, 0.4) is 0 Å². The molecule has 0 heterocycles. The molecular weight excluding hydrogens is 350 g/mol. The van der Waals surface area contributed by atoms with Gasteiger partial charge in [-0.25, -0.2) is 4.79 Å². The Balaban J connectivity index is 1.53. The number of amides is 1. The van der Waals surface area contributed by atoms with E-state index in [0.717, 1.165) is 10.5 Å². The highest BCUT2D eigenvalue weighted by atomic mass is 32.2. The lowest BCUT2D eigenvalue weighted by molar-refractivity contribution is -0.141. The van der Waals surface area contributed by atoms with E-state index in [4.69, 9.17) is 4.74 Å². The molecule has 3 atom stereocenters. The van der Waals surface area contributed by atoms with Gasteiger partial charge >= 0.3 is 12.1 Å². The molecule has 0 radical (unpaired) electrons. The molecule has 6 heteroatoms. The summed E-state index contributed by atoms with van der Waals surface area (Å²) in [6, 6.07) is 19.0. The number of carbonyl (C=O) groups excluding carboxylic acids is 1.